The second-order valence-corrected chi connectivity index (χ2v) is 9.84. The number of nitro groups is 1. The highest BCUT2D eigenvalue weighted by molar-refractivity contribution is 8.18. The number of nitrogens with zero attached hydrogens (tertiary/aromatic N) is 3. The minimum atomic E-state index is -0.492. The molecule has 0 unspecified atom stereocenters. The number of imide groups is 1. The number of carbonyl (C=O) groups is 2. The van der Waals surface area contributed by atoms with Crippen LogP contribution >= 0.6 is 11.8 Å². The van der Waals surface area contributed by atoms with Crippen molar-refractivity contribution in [2.45, 2.75) is 32.9 Å². The van der Waals surface area contributed by atoms with Gasteiger partial charge in [0.05, 0.1) is 29.0 Å². The van der Waals surface area contributed by atoms with E-state index in [1.54, 1.807) is 25.3 Å². The van der Waals surface area contributed by atoms with Gasteiger partial charge in [0.1, 0.15) is 5.75 Å². The Morgan fingerprint density at radius 1 is 1.18 bits per heavy atom. The molecule has 2 aliphatic heterocycles. The standard InChI is InChI=1S/C25H25N3O5S/c1-15-13-25(2,3)26(4)20-12-21(33-5)17(10-19(15)20)11-22-23(29)27(24(30)34-22)14-16-6-8-18(9-7-16)28(31)32/h6-13H,14H2,1-5H3/b22-11+. The van der Waals surface area contributed by atoms with Gasteiger partial charge in [0, 0.05) is 42.1 Å². The number of hydrogen-bond acceptors (Lipinski definition) is 7. The summed E-state index contributed by atoms with van der Waals surface area (Å²) in [4.78, 5) is 39.6. The predicted octanol–water partition coefficient (Wildman–Crippen LogP) is 5.47. The third-order valence-corrected chi connectivity index (χ3v) is 7.12. The molecule has 2 aromatic rings. The SMILES string of the molecule is COc1cc2c(cc1/C=C1/SC(=O)N(Cc3ccc([N+](=O)[O-])cc3)C1=O)C(C)=CC(C)(C)N2C. The summed E-state index contributed by atoms with van der Waals surface area (Å²) in [5, 5.41) is 10.5. The van der Waals surface area contributed by atoms with E-state index in [0.717, 1.165) is 33.5 Å². The molecule has 1 fully saturated rings. The van der Waals surface area contributed by atoms with E-state index in [1.165, 1.54) is 12.1 Å². The number of allylic oxidation sites excluding steroid dienone is 1. The van der Waals surface area contributed by atoms with Crippen LogP contribution in [0.15, 0.2) is 47.4 Å². The maximum atomic E-state index is 13.0. The smallest absolute Gasteiger partial charge is 0.293 e. The molecule has 0 spiro atoms. The number of ether oxygens (including phenoxy) is 1. The summed E-state index contributed by atoms with van der Waals surface area (Å²) in [6.07, 6.45) is 3.89. The first kappa shape index (κ1) is 23.6. The highest BCUT2D eigenvalue weighted by Crippen LogP contribution is 2.43. The number of likely N-dealkylation sites (N-methyl/N-ethyl adjacent to an activating group) is 1. The summed E-state index contributed by atoms with van der Waals surface area (Å²) in [6, 6.07) is 9.75. The summed E-state index contributed by atoms with van der Waals surface area (Å²) in [5.74, 6) is 0.205. The van der Waals surface area contributed by atoms with Crippen molar-refractivity contribution in [3.63, 3.8) is 0 Å². The minimum absolute atomic E-state index is 0.0447. The first-order valence-electron chi connectivity index (χ1n) is 10.7. The monoisotopic (exact) mass is 479 g/mol. The van der Waals surface area contributed by atoms with Crippen molar-refractivity contribution in [1.29, 1.82) is 0 Å². The van der Waals surface area contributed by atoms with E-state index in [2.05, 4.69) is 31.7 Å². The fourth-order valence-electron chi connectivity index (χ4n) is 4.17. The van der Waals surface area contributed by atoms with Crippen LogP contribution in [-0.4, -0.2) is 40.7 Å². The van der Waals surface area contributed by atoms with E-state index in [4.69, 9.17) is 4.74 Å². The van der Waals surface area contributed by atoms with E-state index >= 15 is 0 Å². The van der Waals surface area contributed by atoms with Gasteiger partial charge in [-0.25, -0.2) is 0 Å². The Balaban J connectivity index is 1.64. The van der Waals surface area contributed by atoms with E-state index in [0.29, 0.717) is 21.8 Å². The van der Waals surface area contributed by atoms with Gasteiger partial charge in [-0.1, -0.05) is 18.2 Å². The molecule has 2 amide bonds. The summed E-state index contributed by atoms with van der Waals surface area (Å²) >= 11 is 0.871. The van der Waals surface area contributed by atoms with Gasteiger partial charge in [0.2, 0.25) is 0 Å². The van der Waals surface area contributed by atoms with Gasteiger partial charge < -0.3 is 9.64 Å². The van der Waals surface area contributed by atoms with Crippen LogP contribution in [0.5, 0.6) is 5.75 Å². The number of fused-ring (bicyclic) bond motifs is 1. The number of thioether (sulfide) groups is 1. The molecule has 0 N–H and O–H groups in total. The maximum Gasteiger partial charge on any atom is 0.293 e. The Morgan fingerprint density at radius 3 is 2.47 bits per heavy atom. The summed E-state index contributed by atoms with van der Waals surface area (Å²) in [7, 11) is 3.61. The van der Waals surface area contributed by atoms with E-state index in [1.807, 2.05) is 19.2 Å². The number of hydrogen-bond donors (Lipinski definition) is 0. The summed E-state index contributed by atoms with van der Waals surface area (Å²) in [5.41, 5.74) is 4.35. The topological polar surface area (TPSA) is 93.0 Å². The molecule has 8 nitrogen and oxygen atoms in total. The molecule has 4 rings (SSSR count). The lowest BCUT2D eigenvalue weighted by Crippen LogP contribution is -2.42. The molecule has 9 heteroatoms. The van der Waals surface area contributed by atoms with Crippen molar-refractivity contribution < 1.29 is 19.2 Å². The van der Waals surface area contributed by atoms with Crippen LogP contribution in [-0.2, 0) is 11.3 Å². The van der Waals surface area contributed by atoms with Gasteiger partial charge in [-0.3, -0.25) is 24.6 Å². The van der Waals surface area contributed by atoms with Gasteiger partial charge in [-0.2, -0.15) is 0 Å². The molecule has 0 radical (unpaired) electrons. The molecule has 0 aromatic heterocycles. The largest absolute Gasteiger partial charge is 0.496 e. The molecule has 0 bridgehead atoms. The minimum Gasteiger partial charge on any atom is -0.496 e. The molecular weight excluding hydrogens is 454 g/mol. The van der Waals surface area contributed by atoms with Gasteiger partial charge in [-0.05, 0) is 55.8 Å². The average Bonchev–Trinajstić information content (AvgIpc) is 3.04. The third-order valence-electron chi connectivity index (χ3n) is 6.22. The molecule has 0 atom stereocenters. The molecule has 2 aliphatic rings. The van der Waals surface area contributed by atoms with Gasteiger partial charge in [0.15, 0.2) is 0 Å². The number of anilines is 1. The Labute approximate surface area is 202 Å². The number of non-ortho nitro benzene ring substituents is 1. The second kappa shape index (κ2) is 8.64. The summed E-state index contributed by atoms with van der Waals surface area (Å²) in [6.45, 7) is 6.38. The quantitative estimate of drug-likeness (QED) is 0.319. The zero-order valence-electron chi connectivity index (χ0n) is 19.6. The van der Waals surface area contributed by atoms with Crippen molar-refractivity contribution in [1.82, 2.24) is 4.90 Å². The molecule has 176 valence electrons. The normalized spacial score (nSPS) is 18.3. The van der Waals surface area contributed by atoms with Crippen molar-refractivity contribution >= 4 is 45.9 Å². The van der Waals surface area contributed by atoms with Crippen molar-refractivity contribution in [3.05, 3.63) is 74.2 Å². The number of benzene rings is 2. The van der Waals surface area contributed by atoms with Crippen LogP contribution in [0.25, 0.3) is 11.6 Å². The Morgan fingerprint density at radius 2 is 1.85 bits per heavy atom. The lowest BCUT2D eigenvalue weighted by Gasteiger charge is -2.41. The van der Waals surface area contributed by atoms with E-state index in [9.17, 15) is 19.7 Å². The van der Waals surface area contributed by atoms with Crippen LogP contribution in [0.1, 0.15) is 37.5 Å². The number of rotatable bonds is 5. The molecule has 2 aromatic carbocycles. The summed E-state index contributed by atoms with van der Waals surface area (Å²) < 4.78 is 5.62. The second-order valence-electron chi connectivity index (χ2n) is 8.84. The lowest BCUT2D eigenvalue weighted by molar-refractivity contribution is -0.384. The first-order chi connectivity index (χ1) is 16.0. The highest BCUT2D eigenvalue weighted by Gasteiger charge is 2.36. The number of methoxy groups -OCH3 is 1. The molecule has 34 heavy (non-hydrogen) atoms. The first-order valence-corrected chi connectivity index (χ1v) is 11.5. The van der Waals surface area contributed by atoms with Crippen LogP contribution in [0.2, 0.25) is 0 Å². The lowest BCUT2D eigenvalue weighted by atomic mass is 9.88. The predicted molar refractivity (Wildman–Crippen MR) is 134 cm³/mol. The van der Waals surface area contributed by atoms with E-state index < -0.39 is 10.8 Å². The number of amides is 2. The molecular formula is C25H25N3O5S. The zero-order chi connectivity index (χ0) is 24.8. The zero-order valence-corrected chi connectivity index (χ0v) is 20.4. The fraction of sp³-hybridized carbons (Fsp3) is 0.280. The Hall–Kier alpha value is -3.59. The molecule has 0 saturated carbocycles. The van der Waals surface area contributed by atoms with Crippen molar-refractivity contribution in [3.8, 4) is 5.75 Å². The number of carbonyl (C=O) groups excluding carboxylic acids is 2. The Kier molecular flexibility index (Phi) is 5.99. The third kappa shape index (κ3) is 4.19. The van der Waals surface area contributed by atoms with Gasteiger partial charge in [-0.15, -0.1) is 0 Å². The fourth-order valence-corrected chi connectivity index (χ4v) is 5.00. The van der Waals surface area contributed by atoms with Crippen LogP contribution in [0.4, 0.5) is 16.2 Å². The van der Waals surface area contributed by atoms with Crippen LogP contribution in [0.3, 0.4) is 0 Å². The average molecular weight is 480 g/mol. The number of nitro benzene ring substituents is 1. The maximum absolute atomic E-state index is 13.0. The molecule has 2 heterocycles. The molecule has 0 aliphatic carbocycles. The highest BCUT2D eigenvalue weighted by atomic mass is 32.2. The van der Waals surface area contributed by atoms with Crippen LogP contribution in [0, 0.1) is 10.1 Å². The van der Waals surface area contributed by atoms with Gasteiger partial charge in [0.25, 0.3) is 16.8 Å². The van der Waals surface area contributed by atoms with E-state index in [-0.39, 0.29) is 23.0 Å². The van der Waals surface area contributed by atoms with Gasteiger partial charge >= 0.3 is 0 Å². The van der Waals surface area contributed by atoms with Crippen molar-refractivity contribution in [2.24, 2.45) is 0 Å². The Bertz CT molecular complexity index is 1260. The van der Waals surface area contributed by atoms with Crippen LogP contribution < -0.4 is 9.64 Å². The molecule has 1 saturated heterocycles. The van der Waals surface area contributed by atoms with Crippen molar-refractivity contribution in [2.75, 3.05) is 19.1 Å².